The monoisotopic (exact) mass is 249 g/mol. The van der Waals surface area contributed by atoms with E-state index >= 15 is 0 Å². The molecule has 0 bridgehead atoms. The summed E-state index contributed by atoms with van der Waals surface area (Å²) in [5, 5.41) is 0. The predicted octanol–water partition coefficient (Wildman–Crippen LogP) is 2.16. The van der Waals surface area contributed by atoms with Gasteiger partial charge in [-0.2, -0.15) is 0 Å². The summed E-state index contributed by atoms with van der Waals surface area (Å²) in [5.41, 5.74) is 6.03. The van der Waals surface area contributed by atoms with Crippen LogP contribution in [-0.2, 0) is 0 Å². The molecule has 2 rings (SSSR count). The molecule has 0 saturated heterocycles. The van der Waals surface area contributed by atoms with Crippen LogP contribution in [0.1, 0.15) is 36.0 Å². The van der Waals surface area contributed by atoms with Crippen molar-refractivity contribution in [3.63, 3.8) is 0 Å². The van der Waals surface area contributed by atoms with E-state index in [1.165, 1.54) is 6.42 Å². The highest BCUT2D eigenvalue weighted by Crippen LogP contribution is 2.33. The first-order valence-corrected chi connectivity index (χ1v) is 6.32. The average molecular weight is 249 g/mol. The molecule has 1 saturated carbocycles. The molecule has 0 spiro atoms. The van der Waals surface area contributed by atoms with Crippen molar-refractivity contribution in [3.05, 3.63) is 23.8 Å². The van der Waals surface area contributed by atoms with E-state index in [4.69, 9.17) is 15.2 Å². The van der Waals surface area contributed by atoms with Crippen LogP contribution in [0.25, 0.3) is 0 Å². The van der Waals surface area contributed by atoms with Gasteiger partial charge in [-0.3, -0.25) is 4.79 Å². The molecule has 4 nitrogen and oxygen atoms in total. The summed E-state index contributed by atoms with van der Waals surface area (Å²) in [7, 11) is 1.60. The summed E-state index contributed by atoms with van der Waals surface area (Å²) < 4.78 is 11.1. The highest BCUT2D eigenvalue weighted by Gasteiger charge is 2.21. The third-order valence-corrected chi connectivity index (χ3v) is 3.20. The van der Waals surface area contributed by atoms with Gasteiger partial charge in [-0.15, -0.1) is 0 Å². The van der Waals surface area contributed by atoms with Crippen molar-refractivity contribution in [1.82, 2.24) is 0 Å². The molecule has 0 amide bonds. The number of ether oxygens (including phenoxy) is 2. The van der Waals surface area contributed by atoms with Crippen LogP contribution in [-0.4, -0.2) is 25.5 Å². The van der Waals surface area contributed by atoms with Gasteiger partial charge in [0.25, 0.3) is 0 Å². The van der Waals surface area contributed by atoms with Crippen LogP contribution >= 0.6 is 0 Å². The first kappa shape index (κ1) is 12.9. The quantitative estimate of drug-likeness (QED) is 0.785. The molecule has 2 N–H and O–H groups in total. The van der Waals surface area contributed by atoms with Gasteiger partial charge in [-0.25, -0.2) is 0 Å². The van der Waals surface area contributed by atoms with Gasteiger partial charge in [0.2, 0.25) is 0 Å². The van der Waals surface area contributed by atoms with Gasteiger partial charge in [0.05, 0.1) is 13.2 Å². The number of carbonyl (C=O) groups excluding carboxylic acids is 1. The zero-order valence-corrected chi connectivity index (χ0v) is 10.6. The molecule has 4 heteroatoms. The third-order valence-electron chi connectivity index (χ3n) is 3.20. The Morgan fingerprint density at radius 2 is 2.17 bits per heavy atom. The van der Waals surface area contributed by atoms with E-state index in [1.807, 2.05) is 0 Å². The first-order chi connectivity index (χ1) is 8.74. The maximum absolute atomic E-state index is 11.8. The minimum absolute atomic E-state index is 0.0404. The first-order valence-electron chi connectivity index (χ1n) is 6.32. The van der Waals surface area contributed by atoms with Gasteiger partial charge in [0.1, 0.15) is 0 Å². The van der Waals surface area contributed by atoms with Crippen LogP contribution in [0.4, 0.5) is 0 Å². The van der Waals surface area contributed by atoms with Crippen molar-refractivity contribution < 1.29 is 14.3 Å². The number of Topliss-reactive ketones (excluding diaryl/α,β-unsaturated/α-hetero) is 1. The standard InChI is InChI=1S/C14H19NO3/c1-17-13-6-5-10(12(16)7-8-15)9-14(13)18-11-3-2-4-11/h5-6,9,11H,2-4,7-8,15H2,1H3. The van der Waals surface area contributed by atoms with Gasteiger partial charge in [0.15, 0.2) is 17.3 Å². The number of hydrogen-bond donors (Lipinski definition) is 1. The smallest absolute Gasteiger partial charge is 0.164 e. The van der Waals surface area contributed by atoms with Gasteiger partial charge < -0.3 is 15.2 Å². The molecule has 0 aromatic heterocycles. The molecule has 0 heterocycles. The minimum Gasteiger partial charge on any atom is -0.493 e. The summed E-state index contributed by atoms with van der Waals surface area (Å²) in [6.07, 6.45) is 3.97. The Hall–Kier alpha value is -1.55. The SMILES string of the molecule is COc1ccc(C(=O)CCN)cc1OC1CCC1. The maximum atomic E-state index is 11.8. The van der Waals surface area contributed by atoms with Gasteiger partial charge in [-0.1, -0.05) is 0 Å². The molecular formula is C14H19NO3. The molecular weight excluding hydrogens is 230 g/mol. The second kappa shape index (κ2) is 5.87. The molecule has 1 aromatic rings. The summed E-state index contributed by atoms with van der Waals surface area (Å²) in [4.78, 5) is 11.8. The Balaban J connectivity index is 2.17. The number of benzene rings is 1. The molecule has 0 aliphatic heterocycles. The van der Waals surface area contributed by atoms with E-state index in [9.17, 15) is 4.79 Å². The molecule has 1 aliphatic carbocycles. The molecule has 98 valence electrons. The van der Waals surface area contributed by atoms with E-state index in [0.29, 0.717) is 30.0 Å². The van der Waals surface area contributed by atoms with E-state index in [2.05, 4.69) is 0 Å². The number of hydrogen-bond acceptors (Lipinski definition) is 4. The van der Waals surface area contributed by atoms with Crippen LogP contribution in [0, 0.1) is 0 Å². The molecule has 1 aromatic carbocycles. The number of methoxy groups -OCH3 is 1. The molecule has 0 radical (unpaired) electrons. The average Bonchev–Trinajstić information content (AvgIpc) is 2.34. The fourth-order valence-corrected chi connectivity index (χ4v) is 1.89. The van der Waals surface area contributed by atoms with E-state index in [1.54, 1.807) is 25.3 Å². The summed E-state index contributed by atoms with van der Waals surface area (Å²) in [6.45, 7) is 0.365. The highest BCUT2D eigenvalue weighted by molar-refractivity contribution is 5.96. The third kappa shape index (κ3) is 2.82. The minimum atomic E-state index is 0.0404. The van der Waals surface area contributed by atoms with Gasteiger partial charge in [-0.05, 0) is 44.0 Å². The zero-order chi connectivity index (χ0) is 13.0. The second-order valence-electron chi connectivity index (χ2n) is 4.50. The van der Waals surface area contributed by atoms with Crippen LogP contribution in [0.5, 0.6) is 11.5 Å². The topological polar surface area (TPSA) is 61.5 Å². The van der Waals surface area contributed by atoms with Crippen LogP contribution in [0.3, 0.4) is 0 Å². The summed E-state index contributed by atoms with van der Waals surface area (Å²) in [5.74, 6) is 1.37. The predicted molar refractivity (Wildman–Crippen MR) is 69.3 cm³/mol. The van der Waals surface area contributed by atoms with E-state index in [-0.39, 0.29) is 11.9 Å². The molecule has 1 fully saturated rings. The van der Waals surface area contributed by atoms with Gasteiger partial charge in [0, 0.05) is 12.0 Å². The Morgan fingerprint density at radius 3 is 2.72 bits per heavy atom. The maximum Gasteiger partial charge on any atom is 0.164 e. The zero-order valence-electron chi connectivity index (χ0n) is 10.6. The second-order valence-corrected chi connectivity index (χ2v) is 4.50. The Bertz CT molecular complexity index is 427. The van der Waals surface area contributed by atoms with Crippen molar-refractivity contribution in [1.29, 1.82) is 0 Å². The number of rotatable bonds is 6. The lowest BCUT2D eigenvalue weighted by molar-refractivity contribution is 0.0980. The fraction of sp³-hybridized carbons (Fsp3) is 0.500. The molecule has 0 atom stereocenters. The highest BCUT2D eigenvalue weighted by atomic mass is 16.5. The number of nitrogens with two attached hydrogens (primary N) is 1. The molecule has 0 unspecified atom stereocenters. The van der Waals surface area contributed by atoms with Crippen molar-refractivity contribution in [2.45, 2.75) is 31.8 Å². The van der Waals surface area contributed by atoms with Crippen molar-refractivity contribution in [2.75, 3.05) is 13.7 Å². The molecule has 1 aliphatic rings. The van der Waals surface area contributed by atoms with Crippen molar-refractivity contribution in [3.8, 4) is 11.5 Å². The van der Waals surface area contributed by atoms with E-state index in [0.717, 1.165) is 12.8 Å². The van der Waals surface area contributed by atoms with Crippen LogP contribution in [0.15, 0.2) is 18.2 Å². The number of ketones is 1. The lowest BCUT2D eigenvalue weighted by atomic mass is 9.96. The lowest BCUT2D eigenvalue weighted by Gasteiger charge is -2.27. The van der Waals surface area contributed by atoms with Crippen LogP contribution in [0.2, 0.25) is 0 Å². The van der Waals surface area contributed by atoms with Gasteiger partial charge >= 0.3 is 0 Å². The Kier molecular flexibility index (Phi) is 4.20. The Labute approximate surface area is 107 Å². The fourth-order valence-electron chi connectivity index (χ4n) is 1.89. The lowest BCUT2D eigenvalue weighted by Crippen LogP contribution is -2.24. The normalized spacial score (nSPS) is 15.0. The number of carbonyl (C=O) groups is 1. The van der Waals surface area contributed by atoms with E-state index < -0.39 is 0 Å². The van der Waals surface area contributed by atoms with Crippen LogP contribution < -0.4 is 15.2 Å². The Morgan fingerprint density at radius 1 is 1.39 bits per heavy atom. The van der Waals surface area contributed by atoms with Crippen molar-refractivity contribution in [2.24, 2.45) is 5.73 Å². The summed E-state index contributed by atoms with van der Waals surface area (Å²) >= 11 is 0. The summed E-state index contributed by atoms with van der Waals surface area (Å²) in [6, 6.07) is 5.29. The van der Waals surface area contributed by atoms with Crippen molar-refractivity contribution >= 4 is 5.78 Å². The largest absolute Gasteiger partial charge is 0.493 e. The molecule has 18 heavy (non-hydrogen) atoms.